The number of hydrogen-bond donors (Lipinski definition) is 1. The van der Waals surface area contributed by atoms with E-state index in [4.69, 9.17) is 4.74 Å². The molecule has 0 aliphatic carbocycles. The first-order valence-electron chi connectivity index (χ1n) is 7.55. The maximum Gasteiger partial charge on any atom is 0.349 e. The van der Waals surface area contributed by atoms with E-state index in [0.29, 0.717) is 11.0 Å². The number of carbonyl (C=O) groups excluding carboxylic acids is 2. The molecule has 3 rings (SSSR count). The smallest absolute Gasteiger partial charge is 0.349 e. The summed E-state index contributed by atoms with van der Waals surface area (Å²) in [5.41, 5.74) is 0.898. The third kappa shape index (κ3) is 3.85. The molecule has 10 heteroatoms. The Hall–Kier alpha value is -3.53. The first-order valence-corrected chi connectivity index (χ1v) is 9.03. The molecule has 9 nitrogen and oxygen atoms in total. The van der Waals surface area contributed by atoms with Gasteiger partial charge in [0.1, 0.15) is 11.0 Å². The van der Waals surface area contributed by atoms with Gasteiger partial charge in [0.15, 0.2) is 6.61 Å². The number of nitrogens with one attached hydrogen (secondary N) is 1. The minimum Gasteiger partial charge on any atom is -0.450 e. The van der Waals surface area contributed by atoms with Gasteiger partial charge in [0, 0.05) is 0 Å². The Morgan fingerprint density at radius 2 is 1.81 bits per heavy atom. The molecule has 0 atom stereocenters. The van der Waals surface area contributed by atoms with Gasteiger partial charge in [0.05, 0.1) is 21.6 Å². The molecule has 0 fully saturated rings. The van der Waals surface area contributed by atoms with E-state index < -0.39 is 28.4 Å². The summed E-state index contributed by atoms with van der Waals surface area (Å²) in [6.45, 7) is 2.59. The van der Waals surface area contributed by atoms with E-state index in [2.05, 4.69) is 26.7 Å². The number of aromatic nitrogens is 3. The zero-order valence-electron chi connectivity index (χ0n) is 13.8. The molecule has 138 valence electrons. The first-order chi connectivity index (χ1) is 12.9. The maximum atomic E-state index is 12.8. The molecule has 0 radical (unpaired) electrons. The molecule has 3 aromatic rings. The zero-order chi connectivity index (χ0) is 19.4. The van der Waals surface area contributed by atoms with Crippen molar-refractivity contribution in [2.24, 2.45) is 0 Å². The maximum absolute atomic E-state index is 12.8. The third-order valence-electron chi connectivity index (χ3n) is 3.51. The molecule has 0 saturated carbocycles. The lowest BCUT2D eigenvalue weighted by atomic mass is 10.2. The fourth-order valence-electron chi connectivity index (χ4n) is 2.25. The lowest BCUT2D eigenvalue weighted by molar-refractivity contribution is -0.141. The zero-order valence-corrected chi connectivity index (χ0v) is 14.6. The van der Waals surface area contributed by atoms with Crippen molar-refractivity contribution in [3.8, 4) is 0 Å². The van der Waals surface area contributed by atoms with Crippen LogP contribution in [0.25, 0.3) is 11.0 Å². The van der Waals surface area contributed by atoms with Crippen molar-refractivity contribution in [1.29, 1.82) is 0 Å². The van der Waals surface area contributed by atoms with Gasteiger partial charge in [0.2, 0.25) is 9.84 Å². The molecule has 2 aromatic carbocycles. The second-order valence-electron chi connectivity index (χ2n) is 5.24. The van der Waals surface area contributed by atoms with Crippen LogP contribution in [0.2, 0.25) is 0 Å². The van der Waals surface area contributed by atoms with Crippen LogP contribution in [0.3, 0.4) is 0 Å². The fraction of sp³-hybridized carbons (Fsp3) is 0.0588. The van der Waals surface area contributed by atoms with Gasteiger partial charge in [-0.1, -0.05) is 12.6 Å². The Labute approximate surface area is 153 Å². The summed E-state index contributed by atoms with van der Waals surface area (Å²) < 4.78 is 34.9. The molecule has 0 bridgehead atoms. The Morgan fingerprint density at radius 3 is 2.59 bits per heavy atom. The monoisotopic (exact) mass is 387 g/mol. The topological polar surface area (TPSA) is 128 Å². The van der Waals surface area contributed by atoms with Crippen LogP contribution >= 0.6 is 0 Å². The van der Waals surface area contributed by atoms with Gasteiger partial charge in [-0.25, -0.2) is 18.0 Å². The number of esters is 2. The Balaban J connectivity index is 1.86. The largest absolute Gasteiger partial charge is 0.450 e. The molecule has 1 heterocycles. The number of benzene rings is 2. The van der Waals surface area contributed by atoms with E-state index in [9.17, 15) is 18.0 Å². The van der Waals surface area contributed by atoms with Crippen LogP contribution < -0.4 is 0 Å². The Kier molecular flexibility index (Phi) is 4.99. The van der Waals surface area contributed by atoms with Crippen molar-refractivity contribution < 1.29 is 27.5 Å². The predicted molar refractivity (Wildman–Crippen MR) is 92.4 cm³/mol. The number of hydrogen-bond acceptors (Lipinski definition) is 8. The van der Waals surface area contributed by atoms with Crippen molar-refractivity contribution in [2.45, 2.75) is 9.79 Å². The number of H-pyrrole nitrogens is 1. The minimum atomic E-state index is -3.90. The summed E-state index contributed by atoms with van der Waals surface area (Å²) in [6, 6.07) is 9.60. The van der Waals surface area contributed by atoms with E-state index in [0.717, 1.165) is 6.26 Å². The van der Waals surface area contributed by atoms with Crippen LogP contribution in [0, 0.1) is 0 Å². The molecule has 0 amide bonds. The molecular weight excluding hydrogens is 374 g/mol. The molecule has 0 aliphatic heterocycles. The number of ether oxygens (including phenoxy) is 2. The summed E-state index contributed by atoms with van der Waals surface area (Å²) in [5.74, 6) is -1.66. The van der Waals surface area contributed by atoms with Crippen LogP contribution in [0.1, 0.15) is 10.4 Å². The molecule has 1 N–H and O–H groups in total. The summed E-state index contributed by atoms with van der Waals surface area (Å²) in [4.78, 5) is 23.1. The molecule has 0 aliphatic rings. The second kappa shape index (κ2) is 7.38. The van der Waals surface area contributed by atoms with Crippen molar-refractivity contribution in [3.63, 3.8) is 0 Å². The minimum absolute atomic E-state index is 0.00368. The normalized spacial score (nSPS) is 11.1. The number of carbonyl (C=O) groups is 2. The number of fused-ring (bicyclic) bond motifs is 1. The summed E-state index contributed by atoms with van der Waals surface area (Å²) >= 11 is 0. The van der Waals surface area contributed by atoms with Crippen LogP contribution in [0.15, 0.2) is 65.1 Å². The van der Waals surface area contributed by atoms with Crippen molar-refractivity contribution in [3.05, 3.63) is 60.9 Å². The van der Waals surface area contributed by atoms with Crippen LogP contribution in [0.4, 0.5) is 0 Å². The highest BCUT2D eigenvalue weighted by Gasteiger charge is 2.21. The lowest BCUT2D eigenvalue weighted by Crippen LogP contribution is -2.15. The average Bonchev–Trinajstić information content (AvgIpc) is 3.14. The third-order valence-corrected chi connectivity index (χ3v) is 5.26. The van der Waals surface area contributed by atoms with E-state index in [1.807, 2.05) is 0 Å². The highest BCUT2D eigenvalue weighted by molar-refractivity contribution is 7.91. The average molecular weight is 387 g/mol. The number of nitrogens with zero attached hydrogens (tertiary/aromatic N) is 2. The Bertz CT molecular complexity index is 1140. The van der Waals surface area contributed by atoms with E-state index >= 15 is 0 Å². The second-order valence-corrected chi connectivity index (χ2v) is 7.19. The Morgan fingerprint density at radius 1 is 1.07 bits per heavy atom. The first kappa shape index (κ1) is 18.3. The fourth-order valence-corrected chi connectivity index (χ4v) is 3.57. The van der Waals surface area contributed by atoms with Crippen molar-refractivity contribution in [1.82, 2.24) is 15.4 Å². The predicted octanol–water partition coefficient (Wildman–Crippen LogP) is 1.63. The van der Waals surface area contributed by atoms with Gasteiger partial charge in [-0.2, -0.15) is 15.4 Å². The standard InChI is InChI=1S/C17H13N3O6S/c1-2-25-16(21)10-26-17(22)11-4-3-5-12(8-11)27(23,24)13-6-7-14-15(9-13)19-20-18-14/h2-9H,1,10H2,(H,18,19,20). The summed E-state index contributed by atoms with van der Waals surface area (Å²) in [7, 11) is -3.90. The van der Waals surface area contributed by atoms with Gasteiger partial charge in [-0.05, 0) is 36.4 Å². The van der Waals surface area contributed by atoms with E-state index in [-0.39, 0.29) is 15.4 Å². The van der Waals surface area contributed by atoms with Crippen molar-refractivity contribution >= 4 is 32.8 Å². The van der Waals surface area contributed by atoms with Gasteiger partial charge in [-0.15, -0.1) is 0 Å². The number of rotatable bonds is 6. The van der Waals surface area contributed by atoms with Gasteiger partial charge >= 0.3 is 11.9 Å². The summed E-state index contributed by atoms with van der Waals surface area (Å²) in [6.07, 6.45) is 0.912. The molecule has 0 unspecified atom stereocenters. The van der Waals surface area contributed by atoms with Gasteiger partial charge in [0.25, 0.3) is 0 Å². The van der Waals surface area contributed by atoms with Crippen molar-refractivity contribution in [2.75, 3.05) is 6.61 Å². The summed E-state index contributed by atoms with van der Waals surface area (Å²) in [5, 5.41) is 10.1. The van der Waals surface area contributed by atoms with Gasteiger partial charge < -0.3 is 9.47 Å². The number of sulfone groups is 1. The molecular formula is C17H13N3O6S. The highest BCUT2D eigenvalue weighted by Crippen LogP contribution is 2.24. The highest BCUT2D eigenvalue weighted by atomic mass is 32.2. The SMILES string of the molecule is C=COC(=O)COC(=O)c1cccc(S(=O)(=O)c2ccc3n[nH]nc3c2)c1. The van der Waals surface area contributed by atoms with Crippen LogP contribution in [-0.2, 0) is 24.1 Å². The quantitative estimate of drug-likeness (QED) is 0.499. The number of aromatic amines is 1. The molecule has 0 spiro atoms. The van der Waals surface area contributed by atoms with Crippen LogP contribution in [0.5, 0.6) is 0 Å². The van der Waals surface area contributed by atoms with E-state index in [1.54, 1.807) is 0 Å². The van der Waals surface area contributed by atoms with E-state index in [1.165, 1.54) is 42.5 Å². The lowest BCUT2D eigenvalue weighted by Gasteiger charge is -2.07. The molecule has 1 aromatic heterocycles. The van der Waals surface area contributed by atoms with Crippen LogP contribution in [-0.4, -0.2) is 42.4 Å². The van der Waals surface area contributed by atoms with Gasteiger partial charge in [-0.3, -0.25) is 0 Å². The molecule has 0 saturated heterocycles. The molecule has 27 heavy (non-hydrogen) atoms.